The zero-order chi connectivity index (χ0) is 18.9. The van der Waals surface area contributed by atoms with Crippen LogP contribution in [0.3, 0.4) is 0 Å². The molecule has 0 radical (unpaired) electrons. The molecule has 2 rings (SSSR count). The highest BCUT2D eigenvalue weighted by Gasteiger charge is 2.08. The molecule has 0 aliphatic rings. The molecule has 0 fully saturated rings. The van der Waals surface area contributed by atoms with E-state index in [2.05, 4.69) is 29.8 Å². The van der Waals surface area contributed by atoms with Gasteiger partial charge in [-0.05, 0) is 54.8 Å². The van der Waals surface area contributed by atoms with Gasteiger partial charge < -0.3 is 20.7 Å². The molecule has 26 heavy (non-hydrogen) atoms. The Bertz CT molecular complexity index is 742. The molecule has 3 N–H and O–H groups in total. The van der Waals surface area contributed by atoms with Crippen LogP contribution in [0, 0.1) is 5.92 Å². The van der Waals surface area contributed by atoms with Gasteiger partial charge in [-0.2, -0.15) is 0 Å². The van der Waals surface area contributed by atoms with Crippen LogP contribution < -0.4 is 20.7 Å². The van der Waals surface area contributed by atoms with Crippen molar-refractivity contribution in [1.82, 2.24) is 5.32 Å². The minimum atomic E-state index is -0.318. The summed E-state index contributed by atoms with van der Waals surface area (Å²) in [6, 6.07) is 13.7. The second-order valence-electron chi connectivity index (χ2n) is 6.29. The van der Waals surface area contributed by atoms with Crippen molar-refractivity contribution in [2.75, 3.05) is 24.3 Å². The number of carbonyl (C=O) groups is 2. The third-order valence-electron chi connectivity index (χ3n) is 3.69. The van der Waals surface area contributed by atoms with Crippen molar-refractivity contribution < 1.29 is 14.3 Å². The maximum Gasteiger partial charge on any atom is 0.318 e. The molecule has 0 saturated carbocycles. The summed E-state index contributed by atoms with van der Waals surface area (Å²) in [6.45, 7) is 4.96. The van der Waals surface area contributed by atoms with E-state index in [0.29, 0.717) is 29.5 Å². The lowest BCUT2D eigenvalue weighted by atomic mass is 10.1. The Morgan fingerprint density at radius 2 is 1.65 bits per heavy atom. The van der Waals surface area contributed by atoms with E-state index in [0.717, 1.165) is 12.2 Å². The average molecular weight is 355 g/mol. The van der Waals surface area contributed by atoms with E-state index in [9.17, 15) is 9.59 Å². The van der Waals surface area contributed by atoms with Crippen molar-refractivity contribution in [3.63, 3.8) is 0 Å². The highest BCUT2D eigenvalue weighted by Crippen LogP contribution is 2.18. The maximum atomic E-state index is 12.4. The second-order valence-corrected chi connectivity index (χ2v) is 6.29. The SMILES string of the molecule is CNC(=O)Nc1cccc(NC(=O)c2ccc(OCCC(C)C)cc2)c1. The summed E-state index contributed by atoms with van der Waals surface area (Å²) in [5.41, 5.74) is 1.73. The number of hydrogen-bond donors (Lipinski definition) is 3. The van der Waals surface area contributed by atoms with E-state index in [-0.39, 0.29) is 11.9 Å². The standard InChI is InChI=1S/C20H25N3O3/c1-14(2)11-12-26-18-9-7-15(8-10-18)19(24)22-16-5-4-6-17(13-16)23-20(25)21-3/h4-10,13-14H,11-12H2,1-3H3,(H,22,24)(H2,21,23,25). The minimum Gasteiger partial charge on any atom is -0.494 e. The van der Waals surface area contributed by atoms with Gasteiger partial charge in [-0.25, -0.2) is 4.79 Å². The summed E-state index contributed by atoms with van der Waals surface area (Å²) in [6.07, 6.45) is 0.989. The number of nitrogens with one attached hydrogen (secondary N) is 3. The zero-order valence-electron chi connectivity index (χ0n) is 15.3. The number of carbonyl (C=O) groups excluding carboxylic acids is 2. The van der Waals surface area contributed by atoms with Crippen LogP contribution in [0.15, 0.2) is 48.5 Å². The number of benzene rings is 2. The Hall–Kier alpha value is -3.02. The number of urea groups is 1. The number of hydrogen-bond acceptors (Lipinski definition) is 3. The summed E-state index contributed by atoms with van der Waals surface area (Å²) in [4.78, 5) is 23.7. The molecule has 3 amide bonds. The third kappa shape index (κ3) is 6.12. The van der Waals surface area contributed by atoms with E-state index >= 15 is 0 Å². The highest BCUT2D eigenvalue weighted by molar-refractivity contribution is 6.04. The van der Waals surface area contributed by atoms with E-state index in [1.165, 1.54) is 7.05 Å². The van der Waals surface area contributed by atoms with Crippen LogP contribution in [-0.2, 0) is 0 Å². The van der Waals surface area contributed by atoms with Gasteiger partial charge in [0.2, 0.25) is 0 Å². The lowest BCUT2D eigenvalue weighted by Gasteiger charge is -2.10. The second kappa shape index (κ2) is 9.46. The number of ether oxygens (including phenoxy) is 1. The van der Waals surface area contributed by atoms with Crippen molar-refractivity contribution >= 4 is 23.3 Å². The molecule has 0 aliphatic carbocycles. The fraction of sp³-hybridized carbons (Fsp3) is 0.300. The molecule has 2 aromatic carbocycles. The van der Waals surface area contributed by atoms with Crippen molar-refractivity contribution in [2.45, 2.75) is 20.3 Å². The highest BCUT2D eigenvalue weighted by atomic mass is 16.5. The van der Waals surface area contributed by atoms with Crippen LogP contribution >= 0.6 is 0 Å². The summed E-state index contributed by atoms with van der Waals surface area (Å²) < 4.78 is 5.66. The van der Waals surface area contributed by atoms with Gasteiger partial charge in [0.15, 0.2) is 0 Å². The molecule has 0 unspecified atom stereocenters. The van der Waals surface area contributed by atoms with Crippen LogP contribution in [-0.4, -0.2) is 25.6 Å². The first-order valence-corrected chi connectivity index (χ1v) is 8.61. The molecule has 6 nitrogen and oxygen atoms in total. The van der Waals surface area contributed by atoms with Crippen LogP contribution in [0.4, 0.5) is 16.2 Å². The molecule has 2 aromatic rings. The van der Waals surface area contributed by atoms with Gasteiger partial charge in [0, 0.05) is 24.0 Å². The van der Waals surface area contributed by atoms with Gasteiger partial charge in [0.1, 0.15) is 5.75 Å². The largest absolute Gasteiger partial charge is 0.494 e. The van der Waals surface area contributed by atoms with E-state index < -0.39 is 0 Å². The molecule has 138 valence electrons. The number of rotatable bonds is 7. The van der Waals surface area contributed by atoms with Gasteiger partial charge in [0.25, 0.3) is 5.91 Å². The average Bonchev–Trinajstić information content (AvgIpc) is 2.62. The quantitative estimate of drug-likeness (QED) is 0.699. The fourth-order valence-electron chi connectivity index (χ4n) is 2.19. The van der Waals surface area contributed by atoms with Gasteiger partial charge >= 0.3 is 6.03 Å². The van der Waals surface area contributed by atoms with Crippen LogP contribution in [0.1, 0.15) is 30.6 Å². The van der Waals surface area contributed by atoms with Gasteiger partial charge in [-0.3, -0.25) is 4.79 Å². The Balaban J connectivity index is 1.95. The molecule has 0 aliphatic heterocycles. The molecule has 0 heterocycles. The Kier molecular flexibility index (Phi) is 7.02. The molecule has 0 saturated heterocycles. The molecule has 6 heteroatoms. The van der Waals surface area contributed by atoms with Crippen molar-refractivity contribution in [3.05, 3.63) is 54.1 Å². The van der Waals surface area contributed by atoms with Crippen LogP contribution in [0.25, 0.3) is 0 Å². The van der Waals surface area contributed by atoms with Crippen molar-refractivity contribution in [3.8, 4) is 5.75 Å². The van der Waals surface area contributed by atoms with Gasteiger partial charge in [0.05, 0.1) is 6.61 Å². The monoisotopic (exact) mass is 355 g/mol. The number of anilines is 2. The normalized spacial score (nSPS) is 10.3. The van der Waals surface area contributed by atoms with Crippen LogP contribution in [0.2, 0.25) is 0 Å². The molecular weight excluding hydrogens is 330 g/mol. The van der Waals surface area contributed by atoms with E-state index in [1.807, 2.05) is 0 Å². The first kappa shape index (κ1) is 19.3. The predicted molar refractivity (Wildman–Crippen MR) is 104 cm³/mol. The van der Waals surface area contributed by atoms with Gasteiger partial charge in [-0.1, -0.05) is 19.9 Å². The summed E-state index contributed by atoms with van der Waals surface area (Å²) >= 11 is 0. The Morgan fingerprint density at radius 1 is 1.00 bits per heavy atom. The van der Waals surface area contributed by atoms with Gasteiger partial charge in [-0.15, -0.1) is 0 Å². The smallest absolute Gasteiger partial charge is 0.318 e. The van der Waals surface area contributed by atoms with Crippen LogP contribution in [0.5, 0.6) is 5.75 Å². The molecule has 0 spiro atoms. The lowest BCUT2D eigenvalue weighted by molar-refractivity contribution is 0.102. The molecule has 0 atom stereocenters. The zero-order valence-corrected chi connectivity index (χ0v) is 15.3. The third-order valence-corrected chi connectivity index (χ3v) is 3.69. The molecule has 0 bridgehead atoms. The fourth-order valence-corrected chi connectivity index (χ4v) is 2.19. The molecule has 0 aromatic heterocycles. The minimum absolute atomic E-state index is 0.226. The summed E-state index contributed by atoms with van der Waals surface area (Å²) in [7, 11) is 1.54. The van der Waals surface area contributed by atoms with E-state index in [1.54, 1.807) is 48.5 Å². The first-order valence-electron chi connectivity index (χ1n) is 8.61. The summed E-state index contributed by atoms with van der Waals surface area (Å²) in [5, 5.41) is 7.95. The maximum absolute atomic E-state index is 12.4. The lowest BCUT2D eigenvalue weighted by Crippen LogP contribution is -2.24. The predicted octanol–water partition coefficient (Wildman–Crippen LogP) is 4.12. The molecular formula is C20H25N3O3. The van der Waals surface area contributed by atoms with Crippen molar-refractivity contribution in [1.29, 1.82) is 0 Å². The Morgan fingerprint density at radius 3 is 2.27 bits per heavy atom. The topological polar surface area (TPSA) is 79.5 Å². The number of amides is 3. The first-order chi connectivity index (χ1) is 12.5. The van der Waals surface area contributed by atoms with Crippen molar-refractivity contribution in [2.24, 2.45) is 5.92 Å². The summed E-state index contributed by atoms with van der Waals surface area (Å²) in [5.74, 6) is 1.11. The van der Waals surface area contributed by atoms with E-state index in [4.69, 9.17) is 4.74 Å². The Labute approximate surface area is 153 Å².